The van der Waals surface area contributed by atoms with Crippen molar-refractivity contribution in [3.05, 3.63) is 11.1 Å². The molecule has 2 N–H and O–H groups in total. The second-order valence-electron chi connectivity index (χ2n) is 2.74. The van der Waals surface area contributed by atoms with Gasteiger partial charge in [0.1, 0.15) is 6.23 Å². The number of aliphatic hydroxyl groups is 1. The molecule has 0 fully saturated rings. The summed E-state index contributed by atoms with van der Waals surface area (Å²) in [5.41, 5.74) is 0.992. The highest BCUT2D eigenvalue weighted by molar-refractivity contribution is 7.13. The minimum atomic E-state index is -0.458. The van der Waals surface area contributed by atoms with E-state index in [1.54, 1.807) is 0 Å². The van der Waals surface area contributed by atoms with E-state index in [2.05, 4.69) is 10.3 Å². The van der Waals surface area contributed by atoms with Gasteiger partial charge in [-0.05, 0) is 13.3 Å². The number of hydrogen-bond donors (Lipinski definition) is 2. The lowest BCUT2D eigenvalue weighted by Crippen LogP contribution is -2.17. The molecule has 1 unspecified atom stereocenters. The molecule has 1 atom stereocenters. The summed E-state index contributed by atoms with van der Waals surface area (Å²) in [7, 11) is 0. The summed E-state index contributed by atoms with van der Waals surface area (Å²) in [4.78, 5) is 4.18. The van der Waals surface area contributed by atoms with Gasteiger partial charge in [-0.2, -0.15) is 0 Å². The molecular weight excluding hydrogens is 172 g/mol. The third kappa shape index (κ3) is 2.79. The summed E-state index contributed by atoms with van der Waals surface area (Å²) < 4.78 is 0. The van der Waals surface area contributed by atoms with Crippen LogP contribution in [0.5, 0.6) is 0 Å². The predicted molar refractivity (Wildman–Crippen MR) is 51.4 cm³/mol. The summed E-state index contributed by atoms with van der Waals surface area (Å²) in [6.07, 6.45) is 1.28. The van der Waals surface area contributed by atoms with Gasteiger partial charge in [0, 0.05) is 5.38 Å². The first kappa shape index (κ1) is 9.48. The van der Waals surface area contributed by atoms with Crippen LogP contribution in [0.4, 0.5) is 5.13 Å². The summed E-state index contributed by atoms with van der Waals surface area (Å²) in [5.74, 6) is 0. The third-order valence-electron chi connectivity index (χ3n) is 1.47. The molecule has 4 heteroatoms. The Morgan fingerprint density at radius 2 is 2.50 bits per heavy atom. The Balaban J connectivity index is 2.41. The highest BCUT2D eigenvalue weighted by Gasteiger charge is 2.03. The molecule has 0 aromatic carbocycles. The van der Waals surface area contributed by atoms with Gasteiger partial charge in [-0.15, -0.1) is 11.3 Å². The summed E-state index contributed by atoms with van der Waals surface area (Å²) in [6, 6.07) is 0. The van der Waals surface area contributed by atoms with Crippen molar-refractivity contribution in [1.29, 1.82) is 0 Å². The standard InChI is InChI=1S/C8H14N2OS/c1-3-4-7(11)10-8-9-6(2)5-12-8/h5,7,11H,3-4H2,1-2H3,(H,9,10). The minimum Gasteiger partial charge on any atom is -0.374 e. The van der Waals surface area contributed by atoms with Crippen molar-refractivity contribution in [3.8, 4) is 0 Å². The molecule has 1 aromatic heterocycles. The van der Waals surface area contributed by atoms with Crippen LogP contribution in [-0.4, -0.2) is 16.3 Å². The highest BCUT2D eigenvalue weighted by Crippen LogP contribution is 2.15. The number of aryl methyl sites for hydroxylation is 1. The van der Waals surface area contributed by atoms with Crippen LogP contribution in [0.25, 0.3) is 0 Å². The topological polar surface area (TPSA) is 45.1 Å². The van der Waals surface area contributed by atoms with Crippen molar-refractivity contribution in [2.24, 2.45) is 0 Å². The smallest absolute Gasteiger partial charge is 0.184 e. The van der Waals surface area contributed by atoms with Crippen LogP contribution in [-0.2, 0) is 0 Å². The molecule has 12 heavy (non-hydrogen) atoms. The molecular formula is C8H14N2OS. The Kier molecular flexibility index (Phi) is 3.49. The molecule has 1 heterocycles. The van der Waals surface area contributed by atoms with Crippen LogP contribution in [0.3, 0.4) is 0 Å². The first-order valence-corrected chi connectivity index (χ1v) is 4.97. The van der Waals surface area contributed by atoms with E-state index >= 15 is 0 Å². The molecule has 0 aliphatic heterocycles. The number of nitrogens with one attached hydrogen (secondary N) is 1. The molecule has 68 valence electrons. The highest BCUT2D eigenvalue weighted by atomic mass is 32.1. The molecule has 0 bridgehead atoms. The van der Waals surface area contributed by atoms with E-state index in [0.29, 0.717) is 0 Å². The lowest BCUT2D eigenvalue weighted by Gasteiger charge is -2.09. The van der Waals surface area contributed by atoms with E-state index in [4.69, 9.17) is 0 Å². The molecule has 1 aromatic rings. The maximum atomic E-state index is 9.37. The van der Waals surface area contributed by atoms with Crippen LogP contribution < -0.4 is 5.32 Å². The Morgan fingerprint density at radius 1 is 1.75 bits per heavy atom. The lowest BCUT2D eigenvalue weighted by molar-refractivity contribution is 0.192. The average molecular weight is 186 g/mol. The van der Waals surface area contributed by atoms with Gasteiger partial charge in [-0.25, -0.2) is 4.98 Å². The van der Waals surface area contributed by atoms with Crippen LogP contribution in [0.2, 0.25) is 0 Å². The fraction of sp³-hybridized carbons (Fsp3) is 0.625. The number of hydrogen-bond acceptors (Lipinski definition) is 4. The maximum Gasteiger partial charge on any atom is 0.184 e. The fourth-order valence-electron chi connectivity index (χ4n) is 0.908. The summed E-state index contributed by atoms with van der Waals surface area (Å²) in [5, 5.41) is 15.1. The van der Waals surface area contributed by atoms with Crippen molar-refractivity contribution in [2.45, 2.75) is 32.9 Å². The molecule has 0 spiro atoms. The zero-order valence-corrected chi connectivity index (χ0v) is 8.19. The first-order valence-electron chi connectivity index (χ1n) is 4.09. The number of nitrogens with zero attached hydrogens (tertiary/aromatic N) is 1. The first-order chi connectivity index (χ1) is 5.72. The molecule has 3 nitrogen and oxygen atoms in total. The number of rotatable bonds is 4. The van der Waals surface area contributed by atoms with E-state index in [9.17, 15) is 5.11 Å². The van der Waals surface area contributed by atoms with Crippen molar-refractivity contribution >= 4 is 16.5 Å². The Labute approximate surface area is 76.5 Å². The van der Waals surface area contributed by atoms with E-state index in [-0.39, 0.29) is 0 Å². The van der Waals surface area contributed by atoms with Gasteiger partial charge in [-0.3, -0.25) is 0 Å². The fourth-order valence-corrected chi connectivity index (χ4v) is 1.64. The normalized spacial score (nSPS) is 12.9. The molecule has 0 amide bonds. The second kappa shape index (κ2) is 4.42. The molecule has 0 radical (unpaired) electrons. The minimum absolute atomic E-state index is 0.458. The largest absolute Gasteiger partial charge is 0.374 e. The zero-order valence-electron chi connectivity index (χ0n) is 7.37. The van der Waals surface area contributed by atoms with Gasteiger partial charge >= 0.3 is 0 Å². The van der Waals surface area contributed by atoms with Crippen LogP contribution in [0.1, 0.15) is 25.5 Å². The predicted octanol–water partition coefficient (Wildman–Crippen LogP) is 1.98. The van der Waals surface area contributed by atoms with E-state index < -0.39 is 6.23 Å². The van der Waals surface area contributed by atoms with Crippen LogP contribution in [0.15, 0.2) is 5.38 Å². The van der Waals surface area contributed by atoms with Gasteiger partial charge in [0.2, 0.25) is 0 Å². The maximum absolute atomic E-state index is 9.37. The van der Waals surface area contributed by atoms with Gasteiger partial charge in [0.15, 0.2) is 5.13 Å². The van der Waals surface area contributed by atoms with Gasteiger partial charge in [0.25, 0.3) is 0 Å². The Morgan fingerprint density at radius 3 is 3.00 bits per heavy atom. The van der Waals surface area contributed by atoms with E-state index in [0.717, 1.165) is 23.7 Å². The van der Waals surface area contributed by atoms with Crippen LogP contribution >= 0.6 is 11.3 Å². The lowest BCUT2D eigenvalue weighted by atomic mass is 10.3. The van der Waals surface area contributed by atoms with Gasteiger partial charge < -0.3 is 10.4 Å². The van der Waals surface area contributed by atoms with Crippen LogP contribution in [0, 0.1) is 6.92 Å². The van der Waals surface area contributed by atoms with Gasteiger partial charge in [-0.1, -0.05) is 13.3 Å². The molecule has 0 saturated heterocycles. The summed E-state index contributed by atoms with van der Waals surface area (Å²) >= 11 is 1.52. The zero-order chi connectivity index (χ0) is 8.97. The average Bonchev–Trinajstić information content (AvgIpc) is 2.36. The van der Waals surface area contributed by atoms with Crippen molar-refractivity contribution in [2.75, 3.05) is 5.32 Å². The van der Waals surface area contributed by atoms with Crippen molar-refractivity contribution in [3.63, 3.8) is 0 Å². The summed E-state index contributed by atoms with van der Waals surface area (Å²) in [6.45, 7) is 3.98. The monoisotopic (exact) mass is 186 g/mol. The number of anilines is 1. The van der Waals surface area contributed by atoms with E-state index in [1.165, 1.54) is 11.3 Å². The number of thiazole rings is 1. The third-order valence-corrected chi connectivity index (χ3v) is 2.36. The SMILES string of the molecule is CCCC(O)Nc1nc(C)cs1. The second-order valence-corrected chi connectivity index (χ2v) is 3.60. The quantitative estimate of drug-likeness (QED) is 0.707. The Bertz CT molecular complexity index is 237. The van der Waals surface area contributed by atoms with Gasteiger partial charge in [0.05, 0.1) is 5.69 Å². The van der Waals surface area contributed by atoms with Crippen molar-refractivity contribution in [1.82, 2.24) is 4.98 Å². The Hall–Kier alpha value is -0.610. The van der Waals surface area contributed by atoms with Crippen molar-refractivity contribution < 1.29 is 5.11 Å². The van der Waals surface area contributed by atoms with E-state index in [1.807, 2.05) is 19.2 Å². The number of aromatic nitrogens is 1. The molecule has 0 aliphatic carbocycles. The molecule has 0 aliphatic rings. The molecule has 0 saturated carbocycles. The number of aliphatic hydroxyl groups excluding tert-OH is 1. The molecule has 1 rings (SSSR count).